The molecule has 0 aliphatic carbocycles. The number of rotatable bonds is 6. The molecule has 0 aromatic carbocycles. The van der Waals surface area contributed by atoms with Gasteiger partial charge in [0.05, 0.1) is 25.3 Å². The van der Waals surface area contributed by atoms with Crippen LogP contribution in [0.15, 0.2) is 28.7 Å². The average molecular weight is 306 g/mol. The van der Waals surface area contributed by atoms with Crippen LogP contribution in [0.2, 0.25) is 0 Å². The Labute approximate surface area is 126 Å². The van der Waals surface area contributed by atoms with Crippen LogP contribution in [0.3, 0.4) is 0 Å². The van der Waals surface area contributed by atoms with Gasteiger partial charge < -0.3 is 15.7 Å². The Balaban J connectivity index is 1.73. The van der Waals surface area contributed by atoms with Crippen LogP contribution in [-0.4, -0.2) is 44.1 Å². The Morgan fingerprint density at radius 1 is 1.48 bits per heavy atom. The minimum absolute atomic E-state index is 0.0370. The number of hydrogen-bond acceptors (Lipinski definition) is 7. The predicted octanol–water partition coefficient (Wildman–Crippen LogP) is 0.594. The highest BCUT2D eigenvalue weighted by Crippen LogP contribution is 2.26. The highest BCUT2D eigenvalue weighted by Gasteiger charge is 2.29. The monoisotopic (exact) mass is 306 g/mol. The quantitative estimate of drug-likeness (QED) is 0.815. The molecular formula is C13H18N6OS. The topological polar surface area (TPSA) is 92.6 Å². The van der Waals surface area contributed by atoms with Gasteiger partial charge in [0, 0.05) is 18.0 Å². The highest BCUT2D eigenvalue weighted by atomic mass is 32.1. The van der Waals surface area contributed by atoms with Crippen molar-refractivity contribution in [3.05, 3.63) is 34.3 Å². The molecular weight excluding hydrogens is 288 g/mol. The van der Waals surface area contributed by atoms with E-state index in [0.29, 0.717) is 25.5 Å². The van der Waals surface area contributed by atoms with Crippen LogP contribution in [0, 0.1) is 0 Å². The van der Waals surface area contributed by atoms with Crippen molar-refractivity contribution >= 4 is 17.3 Å². The Hall–Kier alpha value is -1.93. The van der Waals surface area contributed by atoms with Crippen LogP contribution in [-0.2, 0) is 13.1 Å². The Kier molecular flexibility index (Phi) is 4.16. The first-order valence-electron chi connectivity index (χ1n) is 6.88. The van der Waals surface area contributed by atoms with Gasteiger partial charge in [-0.05, 0) is 17.9 Å². The third kappa shape index (κ3) is 3.06. The number of aliphatic imine (C=N–C) groups is 1. The number of aromatic nitrogens is 3. The third-order valence-corrected chi connectivity index (χ3v) is 4.31. The molecule has 8 heteroatoms. The maximum atomic E-state index is 8.86. The van der Waals surface area contributed by atoms with Crippen molar-refractivity contribution < 1.29 is 5.11 Å². The minimum atomic E-state index is 0.0370. The molecule has 0 fully saturated rings. The van der Waals surface area contributed by atoms with Crippen molar-refractivity contribution in [1.29, 1.82) is 0 Å². The van der Waals surface area contributed by atoms with Crippen LogP contribution in [0.25, 0.3) is 0 Å². The molecule has 0 saturated heterocycles. The summed E-state index contributed by atoms with van der Waals surface area (Å²) in [6.45, 7) is 2.16. The molecule has 3 N–H and O–H groups in total. The summed E-state index contributed by atoms with van der Waals surface area (Å²) in [6.07, 6.45) is 2.58. The molecule has 1 aliphatic rings. The lowest BCUT2D eigenvalue weighted by molar-refractivity contribution is 0.276. The summed E-state index contributed by atoms with van der Waals surface area (Å²) in [5, 5.41) is 19.2. The summed E-state index contributed by atoms with van der Waals surface area (Å²) in [5.74, 6) is 0.554. The summed E-state index contributed by atoms with van der Waals surface area (Å²) in [7, 11) is 0. The van der Waals surface area contributed by atoms with Crippen molar-refractivity contribution in [2.45, 2.75) is 25.6 Å². The normalized spacial score (nSPS) is 18.2. The summed E-state index contributed by atoms with van der Waals surface area (Å²) in [6, 6.07) is 4.16. The number of aliphatic hydroxyl groups is 1. The molecule has 0 bridgehead atoms. The second kappa shape index (κ2) is 6.23. The number of aliphatic hydroxyl groups excluding tert-OH is 1. The number of guanidine groups is 1. The number of nitrogens with two attached hydrogens (primary N) is 1. The van der Waals surface area contributed by atoms with E-state index in [1.807, 2.05) is 12.3 Å². The van der Waals surface area contributed by atoms with E-state index in [1.54, 1.807) is 16.0 Å². The summed E-state index contributed by atoms with van der Waals surface area (Å²) >= 11 is 1.70. The second-order valence-corrected chi connectivity index (χ2v) is 5.94. The van der Waals surface area contributed by atoms with E-state index in [1.165, 1.54) is 4.88 Å². The fourth-order valence-electron chi connectivity index (χ4n) is 2.35. The SMILES string of the molecule is NC1=NCC(c2cn(CCCO)nn2)N1Cc1cccs1. The number of hydrogen-bond donors (Lipinski definition) is 2. The Morgan fingerprint density at radius 2 is 2.38 bits per heavy atom. The second-order valence-electron chi connectivity index (χ2n) is 4.91. The third-order valence-electron chi connectivity index (χ3n) is 3.45. The zero-order chi connectivity index (χ0) is 14.7. The minimum Gasteiger partial charge on any atom is -0.396 e. The van der Waals surface area contributed by atoms with E-state index in [0.717, 1.165) is 12.2 Å². The van der Waals surface area contributed by atoms with Crippen molar-refractivity contribution in [2.75, 3.05) is 13.2 Å². The number of aryl methyl sites for hydroxylation is 1. The first kappa shape index (κ1) is 14.0. The molecule has 1 unspecified atom stereocenters. The first-order chi connectivity index (χ1) is 10.3. The lowest BCUT2D eigenvalue weighted by atomic mass is 10.2. The highest BCUT2D eigenvalue weighted by molar-refractivity contribution is 7.09. The molecule has 7 nitrogen and oxygen atoms in total. The fraction of sp³-hybridized carbons (Fsp3) is 0.462. The Morgan fingerprint density at radius 3 is 3.14 bits per heavy atom. The van der Waals surface area contributed by atoms with Gasteiger partial charge in [0.15, 0.2) is 5.96 Å². The summed E-state index contributed by atoms with van der Waals surface area (Å²) in [5.41, 5.74) is 6.87. The van der Waals surface area contributed by atoms with Gasteiger partial charge in [0.2, 0.25) is 0 Å². The average Bonchev–Trinajstić information content (AvgIpc) is 3.20. The zero-order valence-corrected chi connectivity index (χ0v) is 12.4. The molecule has 0 radical (unpaired) electrons. The molecule has 2 aromatic heterocycles. The van der Waals surface area contributed by atoms with E-state index >= 15 is 0 Å². The van der Waals surface area contributed by atoms with Crippen molar-refractivity contribution in [3.63, 3.8) is 0 Å². The molecule has 3 heterocycles. The van der Waals surface area contributed by atoms with Crippen molar-refractivity contribution in [3.8, 4) is 0 Å². The van der Waals surface area contributed by atoms with Crippen molar-refractivity contribution in [2.24, 2.45) is 10.7 Å². The predicted molar refractivity (Wildman–Crippen MR) is 80.8 cm³/mol. The van der Waals surface area contributed by atoms with Gasteiger partial charge in [-0.25, -0.2) is 0 Å². The lowest BCUT2D eigenvalue weighted by Gasteiger charge is -2.23. The number of thiophene rings is 1. The van der Waals surface area contributed by atoms with E-state index in [4.69, 9.17) is 10.8 Å². The van der Waals surface area contributed by atoms with E-state index in [-0.39, 0.29) is 12.6 Å². The standard InChI is InChI=1S/C13H18N6OS/c14-13-15-7-12(19(13)8-10-3-1-6-21-10)11-9-18(17-16-11)4-2-5-20/h1,3,6,9,12,20H,2,4-5,7-8H2,(H2,14,15). The molecule has 21 heavy (non-hydrogen) atoms. The molecule has 3 rings (SSSR count). The van der Waals surface area contributed by atoms with Gasteiger partial charge in [0.1, 0.15) is 5.69 Å². The smallest absolute Gasteiger partial charge is 0.192 e. The van der Waals surface area contributed by atoms with Gasteiger partial charge in [-0.1, -0.05) is 11.3 Å². The molecule has 1 atom stereocenters. The summed E-state index contributed by atoms with van der Waals surface area (Å²) < 4.78 is 1.75. The van der Waals surface area contributed by atoms with E-state index in [2.05, 4.69) is 31.7 Å². The summed E-state index contributed by atoms with van der Waals surface area (Å²) in [4.78, 5) is 7.64. The lowest BCUT2D eigenvalue weighted by Crippen LogP contribution is -2.35. The maximum absolute atomic E-state index is 8.86. The first-order valence-corrected chi connectivity index (χ1v) is 7.75. The van der Waals surface area contributed by atoms with E-state index < -0.39 is 0 Å². The van der Waals surface area contributed by atoms with Crippen molar-refractivity contribution in [1.82, 2.24) is 19.9 Å². The van der Waals surface area contributed by atoms with Crippen LogP contribution < -0.4 is 5.73 Å². The van der Waals surface area contributed by atoms with Gasteiger partial charge in [-0.3, -0.25) is 9.67 Å². The molecule has 112 valence electrons. The van der Waals surface area contributed by atoms with Gasteiger partial charge in [0.25, 0.3) is 0 Å². The Bertz CT molecular complexity index is 608. The molecule has 0 saturated carbocycles. The molecule has 0 spiro atoms. The largest absolute Gasteiger partial charge is 0.396 e. The van der Waals surface area contributed by atoms with Crippen LogP contribution in [0.1, 0.15) is 23.0 Å². The zero-order valence-electron chi connectivity index (χ0n) is 11.6. The molecule has 2 aromatic rings. The van der Waals surface area contributed by atoms with E-state index in [9.17, 15) is 0 Å². The number of nitrogens with zero attached hydrogens (tertiary/aromatic N) is 5. The molecule has 1 aliphatic heterocycles. The molecule has 0 amide bonds. The van der Waals surface area contributed by atoms with Gasteiger partial charge in [-0.2, -0.15) is 0 Å². The van der Waals surface area contributed by atoms with Crippen LogP contribution in [0.4, 0.5) is 0 Å². The maximum Gasteiger partial charge on any atom is 0.192 e. The van der Waals surface area contributed by atoms with Gasteiger partial charge >= 0.3 is 0 Å². The van der Waals surface area contributed by atoms with Gasteiger partial charge in [-0.15, -0.1) is 16.4 Å². The fourth-order valence-corrected chi connectivity index (χ4v) is 3.05. The van der Waals surface area contributed by atoms with Crippen LogP contribution in [0.5, 0.6) is 0 Å². The van der Waals surface area contributed by atoms with Crippen LogP contribution >= 0.6 is 11.3 Å².